The first kappa shape index (κ1) is 10.9. The molecule has 0 bridgehead atoms. The molecule has 2 nitrogen and oxygen atoms in total. The Labute approximate surface area is 115 Å². The number of fused-ring (bicyclic) bond motifs is 2. The number of hydrogen-bond donors (Lipinski definition) is 0. The predicted octanol–water partition coefficient (Wildman–Crippen LogP) is 4.66. The van der Waals surface area contributed by atoms with E-state index in [2.05, 4.69) is 18.2 Å². The molecule has 0 amide bonds. The van der Waals surface area contributed by atoms with Crippen molar-refractivity contribution in [2.75, 3.05) is 5.75 Å². The summed E-state index contributed by atoms with van der Waals surface area (Å²) in [5.41, 5.74) is 2.97. The highest BCUT2D eigenvalue weighted by Gasteiger charge is 2.16. The lowest BCUT2D eigenvalue weighted by Crippen LogP contribution is -2.05. The fourth-order valence-corrected chi connectivity index (χ4v) is 3.18. The van der Waals surface area contributed by atoms with Gasteiger partial charge in [0.1, 0.15) is 5.58 Å². The summed E-state index contributed by atoms with van der Waals surface area (Å²) in [6, 6.07) is 18.4. The highest BCUT2D eigenvalue weighted by Crippen LogP contribution is 2.35. The van der Waals surface area contributed by atoms with Crippen molar-refractivity contribution in [1.82, 2.24) is 0 Å². The molecule has 1 aliphatic rings. The fraction of sp³-hybridized carbons (Fsp3) is 0.0625. The monoisotopic (exact) mass is 265 g/mol. The minimum Gasteiger partial charge on any atom is -0.455 e. The minimum absolute atomic E-state index is 0.858. The van der Waals surface area contributed by atoms with Gasteiger partial charge in [-0.3, -0.25) is 0 Å². The molecule has 3 aromatic rings. The number of nitrogens with zero attached hydrogens (tertiary/aromatic N) is 1. The standard InChI is InChI=1S/C16H11NOS/c1-3-7-14-11(5-1)9-15(18-14)13-10-19-16-8-4-2-6-12(16)17-13/h1-9H,10H2. The first-order chi connectivity index (χ1) is 9.40. The van der Waals surface area contributed by atoms with Crippen molar-refractivity contribution in [2.24, 2.45) is 4.99 Å². The van der Waals surface area contributed by atoms with E-state index < -0.39 is 0 Å². The number of furan rings is 1. The summed E-state index contributed by atoms with van der Waals surface area (Å²) in [5, 5.41) is 1.13. The first-order valence-corrected chi connectivity index (χ1v) is 7.17. The average molecular weight is 265 g/mol. The van der Waals surface area contributed by atoms with Gasteiger partial charge in [-0.2, -0.15) is 0 Å². The van der Waals surface area contributed by atoms with Gasteiger partial charge in [-0.25, -0.2) is 4.99 Å². The molecule has 0 saturated carbocycles. The second-order valence-electron chi connectivity index (χ2n) is 4.46. The molecule has 2 aromatic carbocycles. The Morgan fingerprint density at radius 1 is 1.00 bits per heavy atom. The predicted molar refractivity (Wildman–Crippen MR) is 79.6 cm³/mol. The van der Waals surface area contributed by atoms with Crippen molar-refractivity contribution >= 4 is 34.1 Å². The van der Waals surface area contributed by atoms with Crippen molar-refractivity contribution in [1.29, 1.82) is 0 Å². The van der Waals surface area contributed by atoms with Gasteiger partial charge in [-0.05, 0) is 24.3 Å². The first-order valence-electron chi connectivity index (χ1n) is 6.18. The molecule has 0 atom stereocenters. The maximum Gasteiger partial charge on any atom is 0.150 e. The summed E-state index contributed by atoms with van der Waals surface area (Å²) in [5.74, 6) is 1.74. The molecule has 92 valence electrons. The van der Waals surface area contributed by atoms with Crippen LogP contribution in [0.15, 0.2) is 68.9 Å². The second-order valence-corrected chi connectivity index (χ2v) is 5.48. The van der Waals surface area contributed by atoms with Crippen molar-refractivity contribution < 1.29 is 4.42 Å². The SMILES string of the molecule is c1ccc2c(c1)N=C(c1cc3ccccc3o1)CS2. The van der Waals surface area contributed by atoms with Gasteiger partial charge < -0.3 is 4.42 Å². The van der Waals surface area contributed by atoms with Crippen LogP contribution in [0.1, 0.15) is 5.76 Å². The summed E-state index contributed by atoms with van der Waals surface area (Å²) in [7, 11) is 0. The molecule has 19 heavy (non-hydrogen) atoms. The summed E-state index contributed by atoms with van der Waals surface area (Å²) in [4.78, 5) is 5.95. The third-order valence-electron chi connectivity index (χ3n) is 3.20. The molecule has 0 N–H and O–H groups in total. The zero-order valence-corrected chi connectivity index (χ0v) is 11.0. The lowest BCUT2D eigenvalue weighted by Gasteiger charge is -2.12. The van der Waals surface area contributed by atoms with Crippen LogP contribution >= 0.6 is 11.8 Å². The number of rotatable bonds is 1. The van der Waals surface area contributed by atoms with Crippen LogP contribution in [0.4, 0.5) is 5.69 Å². The van der Waals surface area contributed by atoms with Gasteiger partial charge in [0.25, 0.3) is 0 Å². The van der Waals surface area contributed by atoms with E-state index in [9.17, 15) is 0 Å². The van der Waals surface area contributed by atoms with Gasteiger partial charge in [0.2, 0.25) is 0 Å². The van der Waals surface area contributed by atoms with Gasteiger partial charge >= 0.3 is 0 Å². The van der Waals surface area contributed by atoms with Gasteiger partial charge in [0.15, 0.2) is 5.76 Å². The molecular formula is C16H11NOS. The third-order valence-corrected chi connectivity index (χ3v) is 4.27. The molecule has 0 radical (unpaired) electrons. The topological polar surface area (TPSA) is 25.5 Å². The molecule has 1 aromatic heterocycles. The highest BCUT2D eigenvalue weighted by molar-refractivity contribution is 8.00. The lowest BCUT2D eigenvalue weighted by molar-refractivity contribution is 0.604. The van der Waals surface area contributed by atoms with Gasteiger partial charge in [0.05, 0.1) is 11.4 Å². The summed E-state index contributed by atoms with van der Waals surface area (Å²) >= 11 is 1.81. The second kappa shape index (κ2) is 4.28. The summed E-state index contributed by atoms with van der Waals surface area (Å²) in [6.07, 6.45) is 0. The largest absolute Gasteiger partial charge is 0.455 e. The van der Waals surface area contributed by atoms with Crippen LogP contribution in [0.25, 0.3) is 11.0 Å². The Bertz CT molecular complexity index is 755. The minimum atomic E-state index is 0.858. The molecule has 0 unspecified atom stereocenters. The Kier molecular flexibility index (Phi) is 2.45. The van der Waals surface area contributed by atoms with E-state index in [0.717, 1.165) is 33.9 Å². The van der Waals surface area contributed by atoms with E-state index in [0.29, 0.717) is 0 Å². The number of thioether (sulfide) groups is 1. The summed E-state index contributed by atoms with van der Waals surface area (Å²) < 4.78 is 5.88. The van der Waals surface area contributed by atoms with Crippen LogP contribution in [0.2, 0.25) is 0 Å². The molecule has 0 saturated heterocycles. The van der Waals surface area contributed by atoms with E-state index in [1.165, 1.54) is 4.90 Å². The summed E-state index contributed by atoms with van der Waals surface area (Å²) in [6.45, 7) is 0. The Hall–Kier alpha value is -2.00. The van der Waals surface area contributed by atoms with Gasteiger partial charge in [-0.1, -0.05) is 30.3 Å². The smallest absolute Gasteiger partial charge is 0.150 e. The van der Waals surface area contributed by atoms with Crippen LogP contribution in [0.5, 0.6) is 0 Å². The van der Waals surface area contributed by atoms with Gasteiger partial charge in [-0.15, -0.1) is 11.8 Å². The number of para-hydroxylation sites is 2. The van der Waals surface area contributed by atoms with Crippen LogP contribution in [-0.4, -0.2) is 11.5 Å². The van der Waals surface area contributed by atoms with E-state index in [-0.39, 0.29) is 0 Å². The zero-order valence-electron chi connectivity index (χ0n) is 10.2. The van der Waals surface area contributed by atoms with Crippen molar-refractivity contribution in [2.45, 2.75) is 4.90 Å². The molecule has 4 rings (SSSR count). The van der Waals surface area contributed by atoms with E-state index in [1.807, 2.05) is 48.2 Å². The normalized spacial score (nSPS) is 14.2. The van der Waals surface area contributed by atoms with Crippen LogP contribution in [-0.2, 0) is 0 Å². The van der Waals surface area contributed by atoms with Crippen molar-refractivity contribution in [3.63, 3.8) is 0 Å². The van der Waals surface area contributed by atoms with E-state index in [4.69, 9.17) is 9.41 Å². The van der Waals surface area contributed by atoms with E-state index in [1.54, 1.807) is 0 Å². The molecule has 2 heterocycles. The fourth-order valence-electron chi connectivity index (χ4n) is 2.25. The van der Waals surface area contributed by atoms with Crippen LogP contribution < -0.4 is 0 Å². The Morgan fingerprint density at radius 2 is 1.84 bits per heavy atom. The zero-order chi connectivity index (χ0) is 12.7. The molecule has 0 aliphatic carbocycles. The third kappa shape index (κ3) is 1.87. The molecule has 1 aliphatic heterocycles. The van der Waals surface area contributed by atoms with E-state index >= 15 is 0 Å². The van der Waals surface area contributed by atoms with Crippen molar-refractivity contribution in [3.8, 4) is 0 Å². The highest BCUT2D eigenvalue weighted by atomic mass is 32.2. The Balaban J connectivity index is 1.83. The number of aliphatic imine (C=N–C) groups is 1. The molecule has 3 heteroatoms. The maximum absolute atomic E-state index is 5.88. The maximum atomic E-state index is 5.88. The number of benzene rings is 2. The number of hydrogen-bond acceptors (Lipinski definition) is 3. The molecular weight excluding hydrogens is 254 g/mol. The van der Waals surface area contributed by atoms with Crippen LogP contribution in [0, 0.1) is 0 Å². The molecule has 0 fully saturated rings. The molecule has 0 spiro atoms. The quantitative estimate of drug-likeness (QED) is 0.639. The Morgan fingerprint density at radius 3 is 2.79 bits per heavy atom. The van der Waals surface area contributed by atoms with Crippen molar-refractivity contribution in [3.05, 3.63) is 60.4 Å². The average Bonchev–Trinajstić information content (AvgIpc) is 2.90. The van der Waals surface area contributed by atoms with Gasteiger partial charge in [0, 0.05) is 16.0 Å². The van der Waals surface area contributed by atoms with Crippen LogP contribution in [0.3, 0.4) is 0 Å². The lowest BCUT2D eigenvalue weighted by atomic mass is 10.2.